The number of hydrogen-bond acceptors (Lipinski definition) is 3. The van der Waals surface area contributed by atoms with E-state index in [-0.39, 0.29) is 0 Å². The fourth-order valence-electron chi connectivity index (χ4n) is 0.554. The number of carboxylic acid groups (broad SMARTS) is 1. The molecule has 1 aliphatic rings. The van der Waals surface area contributed by atoms with Gasteiger partial charge in [0.1, 0.15) is 0 Å². The molecule has 1 heterocycles. The van der Waals surface area contributed by atoms with Gasteiger partial charge in [-0.15, -0.1) is 23.5 Å². The Bertz CT molecular complexity index is 110. The lowest BCUT2D eigenvalue weighted by Gasteiger charge is -2.14. The van der Waals surface area contributed by atoms with Crippen LogP contribution in [0.5, 0.6) is 0 Å². The van der Waals surface area contributed by atoms with Crippen LogP contribution in [-0.2, 0) is 4.79 Å². The molecule has 0 atom stereocenters. The zero-order chi connectivity index (χ0) is 6.69. The number of carbonyl (C=O) groups is 1. The van der Waals surface area contributed by atoms with Gasteiger partial charge in [0.05, 0.1) is 0 Å². The number of carboxylic acids is 1. The van der Waals surface area contributed by atoms with E-state index in [1.54, 1.807) is 0 Å². The second-order valence-electron chi connectivity index (χ2n) is 1.64. The number of rotatable bonds is 1. The second-order valence-corrected chi connectivity index (χ2v) is 4.11. The summed E-state index contributed by atoms with van der Waals surface area (Å²) in [6, 6.07) is 0. The summed E-state index contributed by atoms with van der Waals surface area (Å²) in [6.07, 6.45) is 1.13. The molecule has 0 aliphatic carbocycles. The van der Waals surface area contributed by atoms with Crippen LogP contribution in [0.15, 0.2) is 0 Å². The van der Waals surface area contributed by atoms with Crippen molar-refractivity contribution in [3.63, 3.8) is 0 Å². The summed E-state index contributed by atoms with van der Waals surface area (Å²) in [6.45, 7) is 0. The third-order valence-corrected chi connectivity index (χ3v) is 3.50. The lowest BCUT2D eigenvalue weighted by Crippen LogP contribution is -2.09. The third-order valence-electron chi connectivity index (χ3n) is 0.930. The first-order chi connectivity index (χ1) is 4.30. The summed E-state index contributed by atoms with van der Waals surface area (Å²) in [5.41, 5.74) is 0. The molecule has 0 bridgehead atoms. The number of hydrogen-bond donors (Lipinski definition) is 1. The van der Waals surface area contributed by atoms with Crippen molar-refractivity contribution in [2.75, 3.05) is 11.5 Å². The predicted molar refractivity (Wildman–Crippen MR) is 40.4 cm³/mol. The van der Waals surface area contributed by atoms with Crippen molar-refractivity contribution >= 4 is 29.5 Å². The van der Waals surface area contributed by atoms with Gasteiger partial charge in [0.2, 0.25) is 0 Å². The normalized spacial score (nSPS) is 21.8. The fourth-order valence-corrected chi connectivity index (χ4v) is 2.76. The molecule has 0 aromatic heterocycles. The van der Waals surface area contributed by atoms with E-state index in [1.807, 2.05) is 0 Å². The lowest BCUT2D eigenvalue weighted by atomic mass is 10.6. The molecule has 4 heteroatoms. The first-order valence-electron chi connectivity index (χ1n) is 2.66. The Morgan fingerprint density at radius 3 is 2.33 bits per heavy atom. The highest BCUT2D eigenvalue weighted by Crippen LogP contribution is 2.37. The molecule has 9 heavy (non-hydrogen) atoms. The molecule has 0 unspecified atom stereocenters. The molecule has 0 saturated carbocycles. The molecule has 1 fully saturated rings. The maximum absolute atomic E-state index is 10.3. The summed E-state index contributed by atoms with van der Waals surface area (Å²) >= 11 is 2.90. The van der Waals surface area contributed by atoms with E-state index in [0.29, 0.717) is 4.58 Å². The smallest absolute Gasteiger partial charge is 0.333 e. The van der Waals surface area contributed by atoms with Crippen molar-refractivity contribution in [2.24, 2.45) is 0 Å². The minimum absolute atomic E-state index is 0.557. The van der Waals surface area contributed by atoms with Crippen LogP contribution in [0.3, 0.4) is 0 Å². The van der Waals surface area contributed by atoms with Crippen molar-refractivity contribution in [3.8, 4) is 0 Å². The van der Waals surface area contributed by atoms with Gasteiger partial charge in [-0.05, 0) is 17.9 Å². The molecule has 1 saturated heterocycles. The first-order valence-corrected chi connectivity index (χ1v) is 4.63. The molecular formula is C5H7O2S2. The van der Waals surface area contributed by atoms with Crippen LogP contribution in [0, 0.1) is 4.58 Å². The topological polar surface area (TPSA) is 37.3 Å². The Morgan fingerprint density at radius 1 is 1.44 bits per heavy atom. The van der Waals surface area contributed by atoms with Gasteiger partial charge in [0.25, 0.3) is 0 Å². The van der Waals surface area contributed by atoms with Gasteiger partial charge in [0, 0.05) is 0 Å². The van der Waals surface area contributed by atoms with Crippen LogP contribution in [0.1, 0.15) is 6.42 Å². The SMILES string of the molecule is O=C(O)[C]1SCCCS1. The highest BCUT2D eigenvalue weighted by molar-refractivity contribution is 8.22. The molecule has 1 radical (unpaired) electrons. The van der Waals surface area contributed by atoms with Crippen LogP contribution in [0.2, 0.25) is 0 Å². The summed E-state index contributed by atoms with van der Waals surface area (Å²) in [5, 5.41) is 8.46. The summed E-state index contributed by atoms with van der Waals surface area (Å²) in [5.74, 6) is 1.17. The molecule has 0 aromatic carbocycles. The third kappa shape index (κ3) is 2.10. The van der Waals surface area contributed by atoms with E-state index in [0.717, 1.165) is 17.9 Å². The monoisotopic (exact) mass is 163 g/mol. The number of aliphatic carboxylic acids is 1. The summed E-state index contributed by atoms with van der Waals surface area (Å²) < 4.78 is 0.557. The van der Waals surface area contributed by atoms with Gasteiger partial charge in [-0.1, -0.05) is 0 Å². The fraction of sp³-hybridized carbons (Fsp3) is 0.600. The van der Waals surface area contributed by atoms with Gasteiger partial charge in [-0.2, -0.15) is 0 Å². The lowest BCUT2D eigenvalue weighted by molar-refractivity contribution is -0.132. The predicted octanol–water partition coefficient (Wildman–Crippen LogP) is 1.43. The van der Waals surface area contributed by atoms with E-state index in [2.05, 4.69) is 0 Å². The standard InChI is InChI=1S/C5H7O2S2/c6-4(7)5-8-2-1-3-9-5/h1-3H2,(H,6,7). The van der Waals surface area contributed by atoms with E-state index >= 15 is 0 Å². The molecule has 0 amide bonds. The Balaban J connectivity index is 2.31. The molecule has 1 aliphatic heterocycles. The van der Waals surface area contributed by atoms with Crippen molar-refractivity contribution in [1.82, 2.24) is 0 Å². The maximum atomic E-state index is 10.3. The van der Waals surface area contributed by atoms with Crippen molar-refractivity contribution in [1.29, 1.82) is 0 Å². The van der Waals surface area contributed by atoms with E-state index in [4.69, 9.17) is 5.11 Å². The van der Waals surface area contributed by atoms with Crippen LogP contribution in [-0.4, -0.2) is 22.6 Å². The average molecular weight is 163 g/mol. The Labute approximate surface area is 62.4 Å². The Hall–Kier alpha value is 0.170. The minimum Gasteiger partial charge on any atom is -0.480 e. The van der Waals surface area contributed by atoms with Crippen LogP contribution < -0.4 is 0 Å². The highest BCUT2D eigenvalue weighted by atomic mass is 32.2. The molecule has 0 aromatic rings. The second kappa shape index (κ2) is 3.37. The van der Waals surface area contributed by atoms with Gasteiger partial charge in [-0.3, -0.25) is 0 Å². The van der Waals surface area contributed by atoms with Crippen LogP contribution >= 0.6 is 23.5 Å². The quantitative estimate of drug-likeness (QED) is 0.634. The first kappa shape index (κ1) is 7.28. The van der Waals surface area contributed by atoms with Crippen molar-refractivity contribution < 1.29 is 9.90 Å². The van der Waals surface area contributed by atoms with Crippen LogP contribution in [0.4, 0.5) is 0 Å². The zero-order valence-corrected chi connectivity index (χ0v) is 6.43. The number of thioether (sulfide) groups is 2. The maximum Gasteiger partial charge on any atom is 0.333 e. The Kier molecular flexibility index (Phi) is 2.72. The average Bonchev–Trinajstić information content (AvgIpc) is 1.90. The molecule has 0 spiro atoms. The molecule has 51 valence electrons. The van der Waals surface area contributed by atoms with Gasteiger partial charge < -0.3 is 5.11 Å². The molecule has 2 nitrogen and oxygen atoms in total. The molecule has 1 rings (SSSR count). The summed E-state index contributed by atoms with van der Waals surface area (Å²) in [4.78, 5) is 10.3. The molecular weight excluding hydrogens is 156 g/mol. The molecule has 1 N–H and O–H groups in total. The zero-order valence-electron chi connectivity index (χ0n) is 4.79. The van der Waals surface area contributed by atoms with Gasteiger partial charge in [-0.25, -0.2) is 4.79 Å². The highest BCUT2D eigenvalue weighted by Gasteiger charge is 2.22. The van der Waals surface area contributed by atoms with Gasteiger partial charge >= 0.3 is 5.97 Å². The van der Waals surface area contributed by atoms with Crippen molar-refractivity contribution in [2.45, 2.75) is 6.42 Å². The van der Waals surface area contributed by atoms with Gasteiger partial charge in [0.15, 0.2) is 4.58 Å². The van der Waals surface area contributed by atoms with Crippen molar-refractivity contribution in [3.05, 3.63) is 4.58 Å². The summed E-state index contributed by atoms with van der Waals surface area (Å²) in [7, 11) is 0. The minimum atomic E-state index is -0.760. The van der Waals surface area contributed by atoms with E-state index in [9.17, 15) is 4.79 Å². The van der Waals surface area contributed by atoms with Crippen LogP contribution in [0.25, 0.3) is 0 Å². The largest absolute Gasteiger partial charge is 0.480 e. The van der Waals surface area contributed by atoms with E-state index in [1.165, 1.54) is 23.5 Å². The van der Waals surface area contributed by atoms with E-state index < -0.39 is 5.97 Å². The Morgan fingerprint density at radius 2 is 2.00 bits per heavy atom.